The molecule has 0 saturated heterocycles. The zero-order valence-electron chi connectivity index (χ0n) is 13.9. The van der Waals surface area contributed by atoms with Gasteiger partial charge in [-0.3, -0.25) is 0 Å². The van der Waals surface area contributed by atoms with Crippen LogP contribution in [0.15, 0.2) is 60.0 Å². The smallest absolute Gasteiger partial charge is 0.171 e. The van der Waals surface area contributed by atoms with Gasteiger partial charge in [-0.2, -0.15) is 0 Å². The molecule has 0 aliphatic heterocycles. The molecule has 3 rings (SSSR count). The molecule has 5 heteroatoms. The van der Waals surface area contributed by atoms with Gasteiger partial charge in [0.05, 0.1) is 25.5 Å². The summed E-state index contributed by atoms with van der Waals surface area (Å²) in [6, 6.07) is 19.2. The highest BCUT2D eigenvalue weighted by Gasteiger charge is 2.19. The number of nitrogens with one attached hydrogen (secondary N) is 3. The minimum atomic E-state index is 0.386. The van der Waals surface area contributed by atoms with Gasteiger partial charge in [0.25, 0.3) is 0 Å². The van der Waals surface area contributed by atoms with Crippen molar-refractivity contribution in [2.75, 3.05) is 26.0 Å². The predicted octanol–water partition coefficient (Wildman–Crippen LogP) is 3.07. The number of thiocarbonyl (C=S) groups is 1. The van der Waals surface area contributed by atoms with E-state index >= 15 is 0 Å². The van der Waals surface area contributed by atoms with Crippen LogP contribution >= 0.6 is 23.6 Å². The van der Waals surface area contributed by atoms with Crippen molar-refractivity contribution in [3.63, 3.8) is 0 Å². The van der Waals surface area contributed by atoms with Crippen LogP contribution in [0.5, 0.6) is 0 Å². The fourth-order valence-electron chi connectivity index (χ4n) is 2.77. The summed E-state index contributed by atoms with van der Waals surface area (Å²) in [6.45, 7) is 0.805. The zero-order valence-corrected chi connectivity index (χ0v) is 15.5. The lowest BCUT2D eigenvalue weighted by Crippen LogP contribution is -3.06. The van der Waals surface area contributed by atoms with Crippen LogP contribution in [0.3, 0.4) is 0 Å². The molecule has 0 fully saturated rings. The number of anilines is 1. The van der Waals surface area contributed by atoms with Crippen LogP contribution < -0.4 is 15.5 Å². The number of thiophene rings is 1. The molecule has 1 aromatic heterocycles. The summed E-state index contributed by atoms with van der Waals surface area (Å²) in [5, 5.41) is 11.9. The second-order valence-corrected chi connectivity index (χ2v) is 7.39. The Balaban J connectivity index is 1.67. The fourth-order valence-corrected chi connectivity index (χ4v) is 3.92. The summed E-state index contributed by atoms with van der Waals surface area (Å²) in [6.07, 6.45) is 0. The number of fused-ring (bicyclic) bond motifs is 1. The van der Waals surface area contributed by atoms with Crippen LogP contribution in [0.25, 0.3) is 10.8 Å². The average Bonchev–Trinajstić information content (AvgIpc) is 3.09. The maximum atomic E-state index is 5.51. The topological polar surface area (TPSA) is 28.5 Å². The Hall–Kier alpha value is -1.95. The molecule has 0 aliphatic rings. The largest absolute Gasteiger partial charge is 0.356 e. The molecule has 0 aliphatic carbocycles. The molecule has 3 aromatic rings. The quantitative estimate of drug-likeness (QED) is 0.614. The molecular weight excluding hydrogens is 334 g/mol. The molecule has 0 amide bonds. The van der Waals surface area contributed by atoms with Crippen LogP contribution in [0.4, 0.5) is 5.69 Å². The summed E-state index contributed by atoms with van der Waals surface area (Å²) in [5.41, 5.74) is 1.04. The maximum absolute atomic E-state index is 5.51. The Morgan fingerprint density at radius 2 is 1.88 bits per heavy atom. The summed E-state index contributed by atoms with van der Waals surface area (Å²) in [5.74, 6) is 0. The minimum Gasteiger partial charge on any atom is -0.356 e. The van der Waals surface area contributed by atoms with Crippen LogP contribution in [-0.4, -0.2) is 25.8 Å². The lowest BCUT2D eigenvalue weighted by Gasteiger charge is -2.22. The van der Waals surface area contributed by atoms with E-state index in [1.54, 1.807) is 11.3 Å². The van der Waals surface area contributed by atoms with Crippen LogP contribution in [0.2, 0.25) is 0 Å². The molecule has 24 heavy (non-hydrogen) atoms. The standard InChI is InChI=1S/C19H21N3S2/c1-22(2)17(18-11-6-12-24-18)13-20-19(23)21-16-10-5-8-14-7-3-4-9-15(14)16/h3-12,17H,13H2,1-2H3,(H2,20,21,23)/p+1/t17-/m1/s1. The monoisotopic (exact) mass is 356 g/mol. The average molecular weight is 357 g/mol. The first-order valence-corrected chi connectivity index (χ1v) is 9.30. The normalized spacial score (nSPS) is 12.3. The molecule has 1 heterocycles. The highest BCUT2D eigenvalue weighted by molar-refractivity contribution is 7.80. The van der Waals surface area contributed by atoms with Gasteiger partial charge in [0.1, 0.15) is 6.04 Å². The minimum absolute atomic E-state index is 0.386. The SMILES string of the molecule is C[NH+](C)[C@H](CNC(=S)Nc1cccc2ccccc12)c1cccs1. The van der Waals surface area contributed by atoms with Crippen LogP contribution in [-0.2, 0) is 0 Å². The van der Waals surface area contributed by atoms with Gasteiger partial charge in [-0.25, -0.2) is 0 Å². The van der Waals surface area contributed by atoms with Crippen molar-refractivity contribution in [3.8, 4) is 0 Å². The number of rotatable bonds is 5. The van der Waals surface area contributed by atoms with Crippen molar-refractivity contribution in [2.45, 2.75) is 6.04 Å². The van der Waals surface area contributed by atoms with Crippen LogP contribution in [0, 0.1) is 0 Å². The third-order valence-corrected chi connectivity index (χ3v) is 5.32. The summed E-state index contributed by atoms with van der Waals surface area (Å²) >= 11 is 7.30. The number of likely N-dealkylation sites (N-methyl/N-ethyl adjacent to an activating group) is 1. The van der Waals surface area contributed by atoms with Gasteiger partial charge >= 0.3 is 0 Å². The van der Waals surface area contributed by atoms with Gasteiger partial charge in [0.2, 0.25) is 0 Å². The highest BCUT2D eigenvalue weighted by atomic mass is 32.1. The van der Waals surface area contributed by atoms with E-state index < -0.39 is 0 Å². The molecule has 1 atom stereocenters. The third kappa shape index (κ3) is 3.93. The first-order chi connectivity index (χ1) is 11.6. The maximum Gasteiger partial charge on any atom is 0.171 e. The molecule has 3 nitrogen and oxygen atoms in total. The molecule has 2 aromatic carbocycles. The van der Waals surface area contributed by atoms with Gasteiger partial charge < -0.3 is 15.5 Å². The van der Waals surface area contributed by atoms with Gasteiger partial charge in [0, 0.05) is 11.1 Å². The van der Waals surface area contributed by atoms with Crippen molar-refractivity contribution in [1.29, 1.82) is 0 Å². The van der Waals surface area contributed by atoms with Crippen molar-refractivity contribution in [3.05, 3.63) is 64.9 Å². The van der Waals surface area contributed by atoms with Crippen molar-refractivity contribution in [1.82, 2.24) is 5.32 Å². The van der Waals surface area contributed by atoms with Crippen molar-refractivity contribution in [2.24, 2.45) is 0 Å². The molecule has 0 spiro atoms. The van der Waals surface area contributed by atoms with E-state index in [1.165, 1.54) is 20.5 Å². The third-order valence-electron chi connectivity index (χ3n) is 4.09. The van der Waals surface area contributed by atoms with Gasteiger partial charge in [0.15, 0.2) is 5.11 Å². The van der Waals surface area contributed by atoms with E-state index in [-0.39, 0.29) is 0 Å². The Bertz CT molecular complexity index is 807. The van der Waals surface area contributed by atoms with Gasteiger partial charge in [-0.1, -0.05) is 42.5 Å². The lowest BCUT2D eigenvalue weighted by atomic mass is 10.1. The molecule has 0 bridgehead atoms. The van der Waals surface area contributed by atoms with E-state index in [0.717, 1.165) is 12.2 Å². The molecule has 0 radical (unpaired) electrons. The molecule has 0 unspecified atom stereocenters. The highest BCUT2D eigenvalue weighted by Crippen LogP contribution is 2.23. The second-order valence-electron chi connectivity index (χ2n) is 6.01. The van der Waals surface area contributed by atoms with E-state index in [0.29, 0.717) is 11.2 Å². The van der Waals surface area contributed by atoms with E-state index in [2.05, 4.69) is 66.5 Å². The predicted molar refractivity (Wildman–Crippen MR) is 108 cm³/mol. The number of hydrogen-bond acceptors (Lipinski definition) is 2. The number of hydrogen-bond donors (Lipinski definition) is 3. The fraction of sp³-hybridized carbons (Fsp3) is 0.211. The second kappa shape index (κ2) is 7.75. The summed E-state index contributed by atoms with van der Waals surface area (Å²) < 4.78 is 0. The van der Waals surface area contributed by atoms with Crippen molar-refractivity contribution >= 4 is 45.1 Å². The molecular formula is C19H22N3S2+. The molecule has 124 valence electrons. The summed E-state index contributed by atoms with van der Waals surface area (Å²) in [7, 11) is 4.35. The van der Waals surface area contributed by atoms with Crippen molar-refractivity contribution < 1.29 is 4.90 Å². The van der Waals surface area contributed by atoms with E-state index in [9.17, 15) is 0 Å². The first-order valence-electron chi connectivity index (χ1n) is 8.01. The molecule has 0 saturated carbocycles. The number of benzene rings is 2. The number of quaternary nitrogens is 1. The van der Waals surface area contributed by atoms with E-state index in [4.69, 9.17) is 12.2 Å². The Morgan fingerprint density at radius 1 is 1.08 bits per heavy atom. The Labute approximate surface area is 152 Å². The Morgan fingerprint density at radius 3 is 2.62 bits per heavy atom. The summed E-state index contributed by atoms with van der Waals surface area (Å²) in [4.78, 5) is 2.76. The van der Waals surface area contributed by atoms with Gasteiger partial charge in [-0.15, -0.1) is 11.3 Å². The van der Waals surface area contributed by atoms with Crippen LogP contribution in [0.1, 0.15) is 10.9 Å². The first kappa shape index (κ1) is 16.9. The lowest BCUT2D eigenvalue weighted by molar-refractivity contribution is -0.890. The zero-order chi connectivity index (χ0) is 16.9. The Kier molecular flexibility index (Phi) is 5.45. The molecule has 3 N–H and O–H groups in total. The van der Waals surface area contributed by atoms with E-state index in [1.807, 2.05) is 18.2 Å². The van der Waals surface area contributed by atoms with Gasteiger partial charge in [-0.05, 0) is 35.1 Å².